The van der Waals surface area contributed by atoms with Gasteiger partial charge in [-0.15, -0.1) is 11.3 Å². The van der Waals surface area contributed by atoms with Gasteiger partial charge in [-0.05, 0) is 49.5 Å². The lowest BCUT2D eigenvalue weighted by atomic mass is 10.1. The number of aliphatic hydroxyl groups excluding tert-OH is 1. The van der Waals surface area contributed by atoms with Gasteiger partial charge in [0.05, 0.1) is 20.3 Å². The second-order valence-corrected chi connectivity index (χ2v) is 8.05. The van der Waals surface area contributed by atoms with Crippen molar-refractivity contribution in [1.82, 2.24) is 9.80 Å². The Kier molecular flexibility index (Phi) is 7.30. The Morgan fingerprint density at radius 1 is 1.29 bits per heavy atom. The van der Waals surface area contributed by atoms with E-state index >= 15 is 0 Å². The third-order valence-electron chi connectivity index (χ3n) is 4.95. The van der Waals surface area contributed by atoms with E-state index in [1.807, 2.05) is 23.6 Å². The summed E-state index contributed by atoms with van der Waals surface area (Å²) in [5.74, 6) is 1.09. The van der Waals surface area contributed by atoms with E-state index < -0.39 is 0 Å². The van der Waals surface area contributed by atoms with Crippen LogP contribution in [0.2, 0.25) is 0 Å². The number of methoxy groups -OCH3 is 1. The van der Waals surface area contributed by atoms with Gasteiger partial charge in [0.1, 0.15) is 6.10 Å². The van der Waals surface area contributed by atoms with E-state index in [-0.39, 0.29) is 25.2 Å². The molecule has 6 nitrogen and oxygen atoms in total. The molecule has 1 aliphatic heterocycles. The standard InChI is InChI=1S/C21H28N2O4S/c1-22-9-7-17(8-10-22)27-19-6-5-16(14-20(19)26-2)21(25)23(11-12-24)15-18-4-3-13-28-18/h3-6,13-14,17,24H,7-12,15H2,1-2H3. The van der Waals surface area contributed by atoms with Gasteiger partial charge in [-0.1, -0.05) is 6.07 Å². The van der Waals surface area contributed by atoms with E-state index in [9.17, 15) is 9.90 Å². The lowest BCUT2D eigenvalue weighted by Gasteiger charge is -2.29. The minimum atomic E-state index is -0.133. The van der Waals surface area contributed by atoms with Gasteiger partial charge in [0, 0.05) is 30.1 Å². The van der Waals surface area contributed by atoms with Crippen LogP contribution in [0.3, 0.4) is 0 Å². The highest BCUT2D eigenvalue weighted by Crippen LogP contribution is 2.31. The summed E-state index contributed by atoms with van der Waals surface area (Å²) in [6.45, 7) is 2.72. The summed E-state index contributed by atoms with van der Waals surface area (Å²) in [5, 5.41) is 11.3. The average molecular weight is 405 g/mol. The molecule has 1 aliphatic rings. The van der Waals surface area contributed by atoms with Gasteiger partial charge in [0.2, 0.25) is 0 Å². The lowest BCUT2D eigenvalue weighted by molar-refractivity contribution is 0.0709. The molecule has 1 aromatic carbocycles. The molecule has 0 atom stereocenters. The molecule has 1 saturated heterocycles. The Morgan fingerprint density at radius 2 is 2.07 bits per heavy atom. The van der Waals surface area contributed by atoms with Gasteiger partial charge in [-0.3, -0.25) is 4.79 Å². The van der Waals surface area contributed by atoms with Crippen molar-refractivity contribution < 1.29 is 19.4 Å². The van der Waals surface area contributed by atoms with E-state index in [0.717, 1.165) is 30.8 Å². The molecule has 3 rings (SSSR count). The molecule has 2 heterocycles. The van der Waals surface area contributed by atoms with Crippen molar-refractivity contribution in [2.75, 3.05) is 40.4 Å². The van der Waals surface area contributed by atoms with E-state index in [1.54, 1.807) is 35.5 Å². The monoisotopic (exact) mass is 404 g/mol. The number of amides is 1. The maximum absolute atomic E-state index is 13.0. The molecule has 1 fully saturated rings. The molecule has 0 saturated carbocycles. The summed E-state index contributed by atoms with van der Waals surface area (Å²) in [6, 6.07) is 9.26. The second-order valence-electron chi connectivity index (χ2n) is 7.02. The van der Waals surface area contributed by atoms with Crippen LogP contribution in [0.4, 0.5) is 0 Å². The number of carbonyl (C=O) groups is 1. The molecule has 0 radical (unpaired) electrons. The Hall–Kier alpha value is -2.09. The maximum Gasteiger partial charge on any atom is 0.254 e. The summed E-state index contributed by atoms with van der Waals surface area (Å²) < 4.78 is 11.6. The zero-order valence-electron chi connectivity index (χ0n) is 16.5. The summed E-state index contributed by atoms with van der Waals surface area (Å²) >= 11 is 1.60. The Balaban J connectivity index is 1.72. The van der Waals surface area contributed by atoms with Crippen LogP contribution in [0.5, 0.6) is 11.5 Å². The first-order valence-electron chi connectivity index (χ1n) is 9.56. The fourth-order valence-electron chi connectivity index (χ4n) is 3.33. The first-order chi connectivity index (χ1) is 13.6. The Morgan fingerprint density at radius 3 is 2.71 bits per heavy atom. The molecule has 2 aromatic rings. The number of aliphatic hydroxyl groups is 1. The minimum absolute atomic E-state index is 0.0778. The molecule has 0 unspecified atom stereocenters. The number of benzene rings is 1. The van der Waals surface area contributed by atoms with Crippen molar-refractivity contribution in [2.24, 2.45) is 0 Å². The second kappa shape index (κ2) is 9.91. The maximum atomic E-state index is 13.0. The van der Waals surface area contributed by atoms with Gasteiger partial charge in [-0.2, -0.15) is 0 Å². The zero-order valence-corrected chi connectivity index (χ0v) is 17.3. The third kappa shape index (κ3) is 5.25. The number of nitrogens with zero attached hydrogens (tertiary/aromatic N) is 2. The Bertz CT molecular complexity index is 758. The summed E-state index contributed by atoms with van der Waals surface area (Å²) in [7, 11) is 3.70. The predicted molar refractivity (Wildman–Crippen MR) is 110 cm³/mol. The molecule has 1 amide bonds. The fraction of sp³-hybridized carbons (Fsp3) is 0.476. The first kappa shape index (κ1) is 20.6. The molecule has 0 bridgehead atoms. The SMILES string of the molecule is COc1cc(C(=O)N(CCO)Cc2cccs2)ccc1OC1CCN(C)CC1. The Labute approximate surface area is 170 Å². The van der Waals surface area contributed by atoms with Crippen molar-refractivity contribution in [3.05, 3.63) is 46.2 Å². The summed E-state index contributed by atoms with van der Waals surface area (Å²) in [4.78, 5) is 18.0. The molecule has 28 heavy (non-hydrogen) atoms. The highest BCUT2D eigenvalue weighted by atomic mass is 32.1. The predicted octanol–water partition coefficient (Wildman–Crippen LogP) is 2.86. The largest absolute Gasteiger partial charge is 0.493 e. The highest BCUT2D eigenvalue weighted by molar-refractivity contribution is 7.09. The number of likely N-dealkylation sites (tertiary alicyclic amines) is 1. The summed E-state index contributed by atoms with van der Waals surface area (Å²) in [5.41, 5.74) is 0.526. The highest BCUT2D eigenvalue weighted by Gasteiger charge is 2.22. The molecule has 7 heteroatoms. The topological polar surface area (TPSA) is 62.2 Å². The van der Waals surface area contributed by atoms with Crippen LogP contribution in [0.1, 0.15) is 28.1 Å². The molecular formula is C21H28N2O4S. The van der Waals surface area contributed by atoms with Gasteiger partial charge in [-0.25, -0.2) is 0 Å². The third-order valence-corrected chi connectivity index (χ3v) is 5.81. The number of thiophene rings is 1. The van der Waals surface area contributed by atoms with Crippen LogP contribution in [0.15, 0.2) is 35.7 Å². The van der Waals surface area contributed by atoms with E-state index in [2.05, 4.69) is 11.9 Å². The number of piperidine rings is 1. The fourth-order valence-corrected chi connectivity index (χ4v) is 4.05. The van der Waals surface area contributed by atoms with Crippen LogP contribution >= 0.6 is 11.3 Å². The van der Waals surface area contributed by atoms with Crippen molar-refractivity contribution in [1.29, 1.82) is 0 Å². The van der Waals surface area contributed by atoms with Gasteiger partial charge >= 0.3 is 0 Å². The van der Waals surface area contributed by atoms with Gasteiger partial charge in [0.25, 0.3) is 5.91 Å². The number of hydrogen-bond acceptors (Lipinski definition) is 6. The smallest absolute Gasteiger partial charge is 0.254 e. The molecule has 0 aliphatic carbocycles. The average Bonchev–Trinajstić information content (AvgIpc) is 3.22. The van der Waals surface area contributed by atoms with Gasteiger partial charge in [0.15, 0.2) is 11.5 Å². The number of rotatable bonds is 8. The first-order valence-corrected chi connectivity index (χ1v) is 10.4. The zero-order chi connectivity index (χ0) is 19.9. The van der Waals surface area contributed by atoms with Crippen molar-refractivity contribution >= 4 is 17.2 Å². The van der Waals surface area contributed by atoms with Crippen LogP contribution in [0.25, 0.3) is 0 Å². The number of ether oxygens (including phenoxy) is 2. The quantitative estimate of drug-likeness (QED) is 0.733. The van der Waals surface area contributed by atoms with Crippen LogP contribution < -0.4 is 9.47 Å². The summed E-state index contributed by atoms with van der Waals surface area (Å²) in [6.07, 6.45) is 2.12. The van der Waals surface area contributed by atoms with E-state index in [0.29, 0.717) is 23.6 Å². The molecule has 1 N–H and O–H groups in total. The van der Waals surface area contributed by atoms with Crippen LogP contribution in [-0.2, 0) is 6.54 Å². The van der Waals surface area contributed by atoms with E-state index in [1.165, 1.54) is 0 Å². The van der Waals surface area contributed by atoms with Crippen molar-refractivity contribution in [3.63, 3.8) is 0 Å². The molecular weight excluding hydrogens is 376 g/mol. The van der Waals surface area contributed by atoms with Crippen LogP contribution in [0, 0.1) is 0 Å². The normalized spacial score (nSPS) is 15.4. The van der Waals surface area contributed by atoms with Crippen LogP contribution in [-0.4, -0.2) is 67.3 Å². The molecule has 152 valence electrons. The van der Waals surface area contributed by atoms with Crippen molar-refractivity contribution in [3.8, 4) is 11.5 Å². The molecule has 1 aromatic heterocycles. The lowest BCUT2D eigenvalue weighted by Crippen LogP contribution is -2.35. The van der Waals surface area contributed by atoms with Gasteiger partial charge < -0.3 is 24.4 Å². The molecule has 0 spiro atoms. The minimum Gasteiger partial charge on any atom is -0.493 e. The van der Waals surface area contributed by atoms with E-state index in [4.69, 9.17) is 9.47 Å². The van der Waals surface area contributed by atoms with Crippen molar-refractivity contribution in [2.45, 2.75) is 25.5 Å². The number of carbonyl (C=O) groups excluding carboxylic acids is 1. The number of hydrogen-bond donors (Lipinski definition) is 1.